The minimum absolute atomic E-state index is 0.104. The third-order valence-electron chi connectivity index (χ3n) is 2.80. The van der Waals surface area contributed by atoms with Crippen LogP contribution >= 0.6 is 11.6 Å². The third-order valence-corrected chi connectivity index (χ3v) is 3.03. The number of amides is 1. The second-order valence-electron chi connectivity index (χ2n) is 4.04. The summed E-state index contributed by atoms with van der Waals surface area (Å²) in [4.78, 5) is 13.1. The maximum Gasteiger partial charge on any atom is 0.241 e. The zero-order valence-electron chi connectivity index (χ0n) is 9.09. The van der Waals surface area contributed by atoms with Gasteiger partial charge in [-0.25, -0.2) is 4.39 Å². The third kappa shape index (κ3) is 1.92. The van der Waals surface area contributed by atoms with E-state index in [0.717, 1.165) is 24.0 Å². The first-order valence-corrected chi connectivity index (χ1v) is 5.82. The van der Waals surface area contributed by atoms with Crippen molar-refractivity contribution in [1.29, 1.82) is 0 Å². The molecule has 86 valence electrons. The summed E-state index contributed by atoms with van der Waals surface area (Å²) in [7, 11) is 0. The van der Waals surface area contributed by atoms with E-state index in [2.05, 4.69) is 0 Å². The van der Waals surface area contributed by atoms with Gasteiger partial charge in [0.2, 0.25) is 5.91 Å². The average molecular weight is 242 g/mol. The number of hydrogen-bond acceptors (Lipinski definition) is 1. The molecule has 0 N–H and O–H groups in total. The lowest BCUT2D eigenvalue weighted by Gasteiger charge is -2.29. The summed E-state index contributed by atoms with van der Waals surface area (Å²) in [6.07, 6.45) is 1.68. The number of aryl methyl sites for hydroxylation is 2. The second kappa shape index (κ2) is 4.42. The molecule has 2 rings (SSSR count). The summed E-state index contributed by atoms with van der Waals surface area (Å²) in [5, 5.41) is 0. The van der Waals surface area contributed by atoms with Gasteiger partial charge in [-0.3, -0.25) is 4.79 Å². The van der Waals surface area contributed by atoms with Crippen molar-refractivity contribution in [2.75, 3.05) is 17.3 Å². The Hall–Kier alpha value is -1.09. The molecule has 0 bridgehead atoms. The van der Waals surface area contributed by atoms with Crippen LogP contribution in [-0.2, 0) is 11.2 Å². The smallest absolute Gasteiger partial charge is 0.241 e. The van der Waals surface area contributed by atoms with Crippen LogP contribution in [0, 0.1) is 12.7 Å². The second-order valence-corrected chi connectivity index (χ2v) is 4.30. The molecule has 2 nitrogen and oxygen atoms in total. The SMILES string of the molecule is Cc1cc(F)c2c(c1)CCCN2C(=O)CCl. The van der Waals surface area contributed by atoms with E-state index >= 15 is 0 Å². The van der Waals surface area contributed by atoms with Crippen molar-refractivity contribution in [3.05, 3.63) is 29.1 Å². The topological polar surface area (TPSA) is 20.3 Å². The average Bonchev–Trinajstić information content (AvgIpc) is 2.26. The van der Waals surface area contributed by atoms with Gasteiger partial charge in [0.1, 0.15) is 11.7 Å². The van der Waals surface area contributed by atoms with Gasteiger partial charge in [0.15, 0.2) is 0 Å². The summed E-state index contributed by atoms with van der Waals surface area (Å²) in [5.41, 5.74) is 2.21. The van der Waals surface area contributed by atoms with Crippen molar-refractivity contribution < 1.29 is 9.18 Å². The van der Waals surface area contributed by atoms with Crippen molar-refractivity contribution in [3.63, 3.8) is 0 Å². The molecule has 0 radical (unpaired) electrons. The van der Waals surface area contributed by atoms with E-state index in [4.69, 9.17) is 11.6 Å². The van der Waals surface area contributed by atoms with Gasteiger partial charge in [-0.05, 0) is 37.0 Å². The van der Waals surface area contributed by atoms with Crippen LogP contribution in [0.5, 0.6) is 0 Å². The van der Waals surface area contributed by atoms with Gasteiger partial charge in [0.05, 0.1) is 5.69 Å². The van der Waals surface area contributed by atoms with E-state index in [1.54, 1.807) is 0 Å². The highest BCUT2D eigenvalue weighted by molar-refractivity contribution is 6.29. The molecule has 16 heavy (non-hydrogen) atoms. The summed E-state index contributed by atoms with van der Waals surface area (Å²) in [6, 6.07) is 3.39. The number of alkyl halides is 1. The van der Waals surface area contributed by atoms with Gasteiger partial charge in [0, 0.05) is 6.54 Å². The lowest BCUT2D eigenvalue weighted by molar-refractivity contribution is -0.116. The Morgan fingerprint density at radius 3 is 3.00 bits per heavy atom. The highest BCUT2D eigenvalue weighted by Gasteiger charge is 2.25. The fraction of sp³-hybridized carbons (Fsp3) is 0.417. The quantitative estimate of drug-likeness (QED) is 0.693. The number of anilines is 1. The maximum atomic E-state index is 13.8. The molecule has 0 spiro atoms. The highest BCUT2D eigenvalue weighted by atomic mass is 35.5. The predicted octanol–water partition coefficient (Wildman–Crippen LogP) is 2.65. The molecule has 0 saturated carbocycles. The fourth-order valence-electron chi connectivity index (χ4n) is 2.16. The van der Waals surface area contributed by atoms with Gasteiger partial charge in [-0.1, -0.05) is 6.07 Å². The highest BCUT2D eigenvalue weighted by Crippen LogP contribution is 2.31. The lowest BCUT2D eigenvalue weighted by atomic mass is 9.99. The minimum Gasteiger partial charge on any atom is -0.308 e. The first-order chi connectivity index (χ1) is 7.63. The molecule has 1 amide bonds. The van der Waals surface area contributed by atoms with Crippen molar-refractivity contribution >= 4 is 23.2 Å². The molecule has 1 aliphatic heterocycles. The van der Waals surface area contributed by atoms with E-state index in [-0.39, 0.29) is 17.6 Å². The molecule has 0 unspecified atom stereocenters. The Morgan fingerprint density at radius 2 is 2.31 bits per heavy atom. The number of benzene rings is 1. The van der Waals surface area contributed by atoms with Crippen molar-refractivity contribution in [2.24, 2.45) is 0 Å². The Balaban J connectivity index is 2.49. The summed E-state index contributed by atoms with van der Waals surface area (Å²) in [5.74, 6) is -0.661. The normalized spacial score (nSPS) is 14.8. The molecule has 0 saturated heterocycles. The van der Waals surface area contributed by atoms with E-state index in [1.165, 1.54) is 11.0 Å². The molecule has 1 aromatic rings. The Bertz CT molecular complexity index is 433. The van der Waals surface area contributed by atoms with Gasteiger partial charge in [0.25, 0.3) is 0 Å². The Morgan fingerprint density at radius 1 is 1.56 bits per heavy atom. The zero-order valence-corrected chi connectivity index (χ0v) is 9.85. The summed E-state index contributed by atoms with van der Waals surface area (Å²) < 4.78 is 13.8. The van der Waals surface area contributed by atoms with Crippen molar-refractivity contribution in [2.45, 2.75) is 19.8 Å². The molecule has 1 heterocycles. The molecule has 0 aliphatic carbocycles. The van der Waals surface area contributed by atoms with Crippen LogP contribution in [0.25, 0.3) is 0 Å². The lowest BCUT2D eigenvalue weighted by Crippen LogP contribution is -2.37. The van der Waals surface area contributed by atoms with E-state index in [9.17, 15) is 9.18 Å². The first kappa shape index (κ1) is 11.4. The van der Waals surface area contributed by atoms with E-state index < -0.39 is 0 Å². The molecule has 0 aromatic heterocycles. The van der Waals surface area contributed by atoms with Gasteiger partial charge < -0.3 is 4.90 Å². The monoisotopic (exact) mass is 241 g/mol. The standard InChI is InChI=1S/C12H13ClFNO/c1-8-5-9-3-2-4-15(11(16)7-13)12(9)10(14)6-8/h5-6H,2-4,7H2,1H3. The van der Waals surface area contributed by atoms with Gasteiger partial charge in [-0.2, -0.15) is 0 Å². The van der Waals surface area contributed by atoms with Crippen molar-refractivity contribution in [3.8, 4) is 0 Å². The van der Waals surface area contributed by atoms with Crippen LogP contribution < -0.4 is 4.90 Å². The van der Waals surface area contributed by atoms with Gasteiger partial charge >= 0.3 is 0 Å². The van der Waals surface area contributed by atoms with E-state index in [0.29, 0.717) is 12.2 Å². The minimum atomic E-state index is -0.326. The number of fused-ring (bicyclic) bond motifs is 1. The molecule has 0 atom stereocenters. The molecule has 4 heteroatoms. The van der Waals surface area contributed by atoms with Crippen LogP contribution in [-0.4, -0.2) is 18.3 Å². The van der Waals surface area contributed by atoms with Crippen molar-refractivity contribution in [1.82, 2.24) is 0 Å². The molecule has 0 fully saturated rings. The number of hydrogen-bond donors (Lipinski definition) is 0. The summed E-state index contributed by atoms with van der Waals surface area (Å²) in [6.45, 7) is 2.41. The fourth-order valence-corrected chi connectivity index (χ4v) is 2.30. The van der Waals surface area contributed by atoms with Crippen LogP contribution in [0.1, 0.15) is 17.5 Å². The number of nitrogens with zero attached hydrogens (tertiary/aromatic N) is 1. The zero-order chi connectivity index (χ0) is 11.7. The number of carbonyl (C=O) groups is 1. The number of carbonyl (C=O) groups excluding carboxylic acids is 1. The van der Waals surface area contributed by atoms with Crippen LogP contribution in [0.3, 0.4) is 0 Å². The number of rotatable bonds is 1. The molecular formula is C12H13ClFNO. The maximum absolute atomic E-state index is 13.8. The van der Waals surface area contributed by atoms with Crippen LogP contribution in [0.2, 0.25) is 0 Å². The Kier molecular flexibility index (Phi) is 3.15. The summed E-state index contributed by atoms with van der Waals surface area (Å²) >= 11 is 5.52. The van der Waals surface area contributed by atoms with E-state index in [1.807, 2.05) is 13.0 Å². The Labute approximate surface area is 99.0 Å². The van der Waals surface area contributed by atoms with Gasteiger partial charge in [-0.15, -0.1) is 11.6 Å². The van der Waals surface area contributed by atoms with Crippen LogP contribution in [0.4, 0.5) is 10.1 Å². The predicted molar refractivity (Wildman–Crippen MR) is 62.5 cm³/mol. The molecule has 1 aromatic carbocycles. The number of halogens is 2. The first-order valence-electron chi connectivity index (χ1n) is 5.29. The largest absolute Gasteiger partial charge is 0.308 e. The molecule has 1 aliphatic rings. The molecular weight excluding hydrogens is 229 g/mol. The van der Waals surface area contributed by atoms with Crippen LogP contribution in [0.15, 0.2) is 12.1 Å².